The highest BCUT2D eigenvalue weighted by atomic mass is 32.2. The molecule has 4 heteroatoms. The van der Waals surface area contributed by atoms with Gasteiger partial charge in [0.1, 0.15) is 0 Å². The van der Waals surface area contributed by atoms with Crippen LogP contribution in [0.15, 0.2) is 41.3 Å². The van der Waals surface area contributed by atoms with Crippen molar-refractivity contribution in [2.75, 3.05) is 24.2 Å². The predicted octanol–water partition coefficient (Wildman–Crippen LogP) is 3.51. The van der Waals surface area contributed by atoms with E-state index in [1.165, 1.54) is 4.90 Å². The van der Waals surface area contributed by atoms with Crippen LogP contribution in [-0.4, -0.2) is 30.4 Å². The zero-order valence-corrected chi connectivity index (χ0v) is 12.5. The summed E-state index contributed by atoms with van der Waals surface area (Å²) in [6.45, 7) is 8.77. The molecule has 1 rings (SSSR count). The Morgan fingerprint density at radius 2 is 2.21 bits per heavy atom. The molecule has 0 radical (unpaired) electrons. The van der Waals surface area contributed by atoms with Crippen LogP contribution in [0.1, 0.15) is 13.8 Å². The highest BCUT2D eigenvalue weighted by Gasteiger charge is 2.16. The first-order valence-corrected chi connectivity index (χ1v) is 7.42. The van der Waals surface area contributed by atoms with Gasteiger partial charge >= 0.3 is 5.97 Å². The topological polar surface area (TPSA) is 40.5 Å². The van der Waals surface area contributed by atoms with Gasteiger partial charge in [0.05, 0.1) is 5.92 Å². The maximum atomic E-state index is 11.0. The van der Waals surface area contributed by atoms with Crippen molar-refractivity contribution in [3.05, 3.63) is 36.4 Å². The second kappa shape index (κ2) is 7.24. The average Bonchev–Trinajstić information content (AvgIpc) is 2.37. The second-order valence-electron chi connectivity index (χ2n) is 4.78. The maximum Gasteiger partial charge on any atom is 0.308 e. The number of carboxylic acids is 1. The average molecular weight is 279 g/mol. The van der Waals surface area contributed by atoms with Crippen LogP contribution in [-0.2, 0) is 4.79 Å². The molecule has 1 aromatic rings. The molecule has 0 spiro atoms. The predicted molar refractivity (Wildman–Crippen MR) is 82.0 cm³/mol. The van der Waals surface area contributed by atoms with E-state index in [0.717, 1.165) is 11.3 Å². The van der Waals surface area contributed by atoms with E-state index in [0.29, 0.717) is 13.1 Å². The molecule has 0 saturated heterocycles. The molecule has 104 valence electrons. The summed E-state index contributed by atoms with van der Waals surface area (Å²) in [4.78, 5) is 14.3. The SMILES string of the molecule is C=C(C)CN(CC(C)C(=O)O)c1cccc(SC)c1. The van der Waals surface area contributed by atoms with Crippen molar-refractivity contribution in [2.24, 2.45) is 5.92 Å². The third-order valence-corrected chi connectivity index (χ3v) is 3.52. The summed E-state index contributed by atoms with van der Waals surface area (Å²) in [5.41, 5.74) is 2.06. The monoisotopic (exact) mass is 279 g/mol. The standard InChI is InChI=1S/C15H21NO2S/c1-11(2)9-16(10-12(3)15(17)18)13-6-5-7-14(8-13)19-4/h5-8,12H,1,9-10H2,2-4H3,(H,17,18). The van der Waals surface area contributed by atoms with Gasteiger partial charge in [-0.2, -0.15) is 0 Å². The van der Waals surface area contributed by atoms with E-state index >= 15 is 0 Å². The summed E-state index contributed by atoms with van der Waals surface area (Å²) < 4.78 is 0. The van der Waals surface area contributed by atoms with E-state index in [9.17, 15) is 4.79 Å². The van der Waals surface area contributed by atoms with Crippen LogP contribution in [0, 0.1) is 5.92 Å². The zero-order valence-electron chi connectivity index (χ0n) is 11.7. The fourth-order valence-corrected chi connectivity index (χ4v) is 2.26. The number of hydrogen-bond acceptors (Lipinski definition) is 3. The minimum absolute atomic E-state index is 0.405. The number of rotatable bonds is 7. The fourth-order valence-electron chi connectivity index (χ4n) is 1.80. The molecular weight excluding hydrogens is 258 g/mol. The Morgan fingerprint density at radius 1 is 1.53 bits per heavy atom. The van der Waals surface area contributed by atoms with Crippen LogP contribution in [0.2, 0.25) is 0 Å². The number of carboxylic acid groups (broad SMARTS) is 1. The maximum absolute atomic E-state index is 11.0. The molecule has 0 bridgehead atoms. The van der Waals surface area contributed by atoms with E-state index in [-0.39, 0.29) is 0 Å². The first kappa shape index (κ1) is 15.6. The summed E-state index contributed by atoms with van der Waals surface area (Å²) in [7, 11) is 0. The van der Waals surface area contributed by atoms with Gasteiger partial charge in [-0.25, -0.2) is 0 Å². The lowest BCUT2D eigenvalue weighted by molar-refractivity contribution is -0.140. The quantitative estimate of drug-likeness (QED) is 0.612. The molecule has 0 aromatic heterocycles. The van der Waals surface area contributed by atoms with E-state index in [4.69, 9.17) is 5.11 Å². The van der Waals surface area contributed by atoms with Crippen molar-refractivity contribution < 1.29 is 9.90 Å². The van der Waals surface area contributed by atoms with E-state index < -0.39 is 11.9 Å². The van der Waals surface area contributed by atoms with E-state index in [1.807, 2.05) is 31.4 Å². The van der Waals surface area contributed by atoms with E-state index in [2.05, 4.69) is 17.5 Å². The first-order chi connectivity index (χ1) is 8.93. The van der Waals surface area contributed by atoms with E-state index in [1.54, 1.807) is 18.7 Å². The minimum atomic E-state index is -0.771. The van der Waals surface area contributed by atoms with Crippen LogP contribution in [0.4, 0.5) is 5.69 Å². The third-order valence-electron chi connectivity index (χ3n) is 2.80. The summed E-state index contributed by atoms with van der Waals surface area (Å²) in [5.74, 6) is -1.18. The summed E-state index contributed by atoms with van der Waals surface area (Å²) >= 11 is 1.68. The Labute approximate surface area is 119 Å². The lowest BCUT2D eigenvalue weighted by Crippen LogP contribution is -2.33. The molecule has 0 aliphatic rings. The largest absolute Gasteiger partial charge is 0.481 e. The summed E-state index contributed by atoms with van der Waals surface area (Å²) in [5, 5.41) is 9.06. The van der Waals surface area contributed by atoms with Crippen molar-refractivity contribution in [1.29, 1.82) is 0 Å². The van der Waals surface area contributed by atoms with Gasteiger partial charge in [0.25, 0.3) is 0 Å². The van der Waals surface area contributed by atoms with Crippen molar-refractivity contribution in [3.8, 4) is 0 Å². The first-order valence-electron chi connectivity index (χ1n) is 6.20. The van der Waals surface area contributed by atoms with Crippen molar-refractivity contribution in [1.82, 2.24) is 0 Å². The van der Waals surface area contributed by atoms with Gasteiger partial charge in [0.15, 0.2) is 0 Å². The Balaban J connectivity index is 2.94. The molecule has 0 heterocycles. The van der Waals surface area contributed by atoms with Crippen LogP contribution in [0.5, 0.6) is 0 Å². The summed E-state index contributed by atoms with van der Waals surface area (Å²) in [6, 6.07) is 8.14. The van der Waals surface area contributed by atoms with Gasteiger partial charge in [-0.1, -0.05) is 25.1 Å². The van der Waals surface area contributed by atoms with Crippen LogP contribution < -0.4 is 4.90 Å². The van der Waals surface area contributed by atoms with Gasteiger partial charge in [0.2, 0.25) is 0 Å². The van der Waals surface area contributed by atoms with Crippen molar-refractivity contribution in [3.63, 3.8) is 0 Å². The molecule has 0 aliphatic heterocycles. The number of carbonyl (C=O) groups is 1. The molecular formula is C15H21NO2S. The molecule has 0 aliphatic carbocycles. The Hall–Kier alpha value is -1.42. The highest BCUT2D eigenvalue weighted by Crippen LogP contribution is 2.23. The lowest BCUT2D eigenvalue weighted by atomic mass is 10.1. The normalized spacial score (nSPS) is 11.9. The smallest absolute Gasteiger partial charge is 0.308 e. The molecule has 0 fully saturated rings. The Kier molecular flexibility index (Phi) is 5.96. The van der Waals surface area contributed by atoms with Gasteiger partial charge in [-0.15, -0.1) is 11.8 Å². The van der Waals surface area contributed by atoms with Crippen LogP contribution in [0.25, 0.3) is 0 Å². The Bertz CT molecular complexity index is 459. The van der Waals surface area contributed by atoms with Crippen molar-refractivity contribution >= 4 is 23.4 Å². The molecule has 1 aromatic carbocycles. The molecule has 1 atom stereocenters. The van der Waals surface area contributed by atoms with Crippen LogP contribution >= 0.6 is 11.8 Å². The number of nitrogens with zero attached hydrogens (tertiary/aromatic N) is 1. The molecule has 1 unspecified atom stereocenters. The highest BCUT2D eigenvalue weighted by molar-refractivity contribution is 7.98. The van der Waals surface area contributed by atoms with Gasteiger partial charge in [-0.3, -0.25) is 4.79 Å². The van der Waals surface area contributed by atoms with Gasteiger partial charge in [0, 0.05) is 23.7 Å². The second-order valence-corrected chi connectivity index (χ2v) is 5.66. The Morgan fingerprint density at radius 3 is 2.74 bits per heavy atom. The molecule has 1 N–H and O–H groups in total. The number of benzene rings is 1. The molecule has 19 heavy (non-hydrogen) atoms. The van der Waals surface area contributed by atoms with Gasteiger partial charge in [-0.05, 0) is 31.4 Å². The van der Waals surface area contributed by atoms with Gasteiger partial charge < -0.3 is 10.0 Å². The summed E-state index contributed by atoms with van der Waals surface area (Å²) in [6.07, 6.45) is 2.03. The molecule has 0 saturated carbocycles. The minimum Gasteiger partial charge on any atom is -0.481 e. The number of hydrogen-bond donors (Lipinski definition) is 1. The third kappa shape index (κ3) is 4.99. The number of aliphatic carboxylic acids is 1. The molecule has 3 nitrogen and oxygen atoms in total. The zero-order chi connectivity index (χ0) is 14.4. The fraction of sp³-hybridized carbons (Fsp3) is 0.400. The molecule has 0 amide bonds. The van der Waals surface area contributed by atoms with Crippen molar-refractivity contribution in [2.45, 2.75) is 18.7 Å². The van der Waals surface area contributed by atoms with Crippen LogP contribution in [0.3, 0.4) is 0 Å². The lowest BCUT2D eigenvalue weighted by Gasteiger charge is -2.27. The number of thioether (sulfide) groups is 1. The number of anilines is 1.